The molecule has 1 aromatic heterocycles. The molecule has 156 valence electrons. The maximum absolute atomic E-state index is 11.8. The average Bonchev–Trinajstić information content (AvgIpc) is 3.16. The van der Waals surface area contributed by atoms with E-state index in [9.17, 15) is 4.79 Å². The summed E-state index contributed by atoms with van der Waals surface area (Å²) in [5, 5.41) is 1.26. The zero-order valence-corrected chi connectivity index (χ0v) is 19.6. The lowest BCUT2D eigenvalue weighted by atomic mass is 9.97. The van der Waals surface area contributed by atoms with E-state index in [0.717, 1.165) is 48.2 Å². The summed E-state index contributed by atoms with van der Waals surface area (Å²) in [5.41, 5.74) is 4.06. The van der Waals surface area contributed by atoms with Crippen LogP contribution in [-0.2, 0) is 11.3 Å². The highest BCUT2D eigenvalue weighted by Crippen LogP contribution is 2.36. The molecule has 4 nitrogen and oxygen atoms in total. The fourth-order valence-electron chi connectivity index (χ4n) is 3.98. The minimum absolute atomic E-state index is 0.281. The molecular weight excluding hydrogens is 460 g/mol. The van der Waals surface area contributed by atoms with Crippen LogP contribution in [-0.4, -0.2) is 36.1 Å². The van der Waals surface area contributed by atoms with Crippen molar-refractivity contribution >= 4 is 33.2 Å². The van der Waals surface area contributed by atoms with E-state index in [1.807, 2.05) is 23.5 Å². The molecule has 0 atom stereocenters. The highest BCUT2D eigenvalue weighted by Gasteiger charge is 2.24. The summed E-state index contributed by atoms with van der Waals surface area (Å²) < 4.78 is 5.92. The second-order valence-corrected chi connectivity index (χ2v) is 9.86. The first-order valence-corrected chi connectivity index (χ1v) is 11.8. The molecule has 30 heavy (non-hydrogen) atoms. The molecule has 1 saturated heterocycles. The number of benzene rings is 2. The van der Waals surface area contributed by atoms with E-state index < -0.39 is 0 Å². The van der Waals surface area contributed by atoms with Gasteiger partial charge in [0.2, 0.25) is 0 Å². The Morgan fingerprint density at radius 3 is 2.63 bits per heavy atom. The largest absolute Gasteiger partial charge is 0.465 e. The first-order valence-electron chi connectivity index (χ1n) is 10.2. The Bertz CT molecular complexity index is 1020. The van der Waals surface area contributed by atoms with E-state index in [2.05, 4.69) is 58.1 Å². The first-order chi connectivity index (χ1) is 14.5. The number of hydrogen-bond acceptors (Lipinski definition) is 5. The van der Waals surface area contributed by atoms with Gasteiger partial charge in [-0.1, -0.05) is 40.2 Å². The molecule has 6 heteroatoms. The van der Waals surface area contributed by atoms with Gasteiger partial charge in [-0.05, 0) is 62.7 Å². The molecule has 1 fully saturated rings. The van der Waals surface area contributed by atoms with Crippen molar-refractivity contribution in [3.8, 4) is 11.3 Å². The van der Waals surface area contributed by atoms with Gasteiger partial charge in [-0.2, -0.15) is 0 Å². The third-order valence-electron chi connectivity index (χ3n) is 5.62. The minimum atomic E-state index is -0.281. The number of thiazole rings is 1. The van der Waals surface area contributed by atoms with E-state index in [1.165, 1.54) is 22.6 Å². The molecular formula is C24H25BrN2O2S. The summed E-state index contributed by atoms with van der Waals surface area (Å²) in [6, 6.07) is 16.1. The lowest BCUT2D eigenvalue weighted by Crippen LogP contribution is -2.32. The normalized spacial score (nSPS) is 15.3. The van der Waals surface area contributed by atoms with Gasteiger partial charge in [0, 0.05) is 27.4 Å². The monoisotopic (exact) mass is 484 g/mol. The van der Waals surface area contributed by atoms with E-state index in [1.54, 1.807) is 6.07 Å². The molecule has 1 aliphatic heterocycles. The van der Waals surface area contributed by atoms with Gasteiger partial charge in [0.1, 0.15) is 0 Å². The Kier molecular flexibility index (Phi) is 6.66. The number of ether oxygens (including phenoxy) is 1. The molecule has 0 N–H and O–H groups in total. The first kappa shape index (κ1) is 21.2. The van der Waals surface area contributed by atoms with Gasteiger partial charge in [0.05, 0.1) is 23.4 Å². The van der Waals surface area contributed by atoms with Crippen LogP contribution in [0, 0.1) is 6.92 Å². The molecule has 0 spiro atoms. The van der Waals surface area contributed by atoms with Crippen LogP contribution in [0.15, 0.2) is 53.0 Å². The van der Waals surface area contributed by atoms with Gasteiger partial charge in [0.15, 0.2) is 0 Å². The number of aromatic nitrogens is 1. The van der Waals surface area contributed by atoms with Gasteiger partial charge < -0.3 is 4.74 Å². The average molecular weight is 485 g/mol. The Morgan fingerprint density at radius 1 is 1.20 bits per heavy atom. The summed E-state index contributed by atoms with van der Waals surface area (Å²) in [7, 11) is 1.42. The van der Waals surface area contributed by atoms with Crippen molar-refractivity contribution in [3.05, 3.63) is 74.0 Å². The summed E-state index contributed by atoms with van der Waals surface area (Å²) in [6.07, 6.45) is 2.23. The zero-order valence-electron chi connectivity index (χ0n) is 17.2. The second kappa shape index (κ2) is 9.41. The second-order valence-electron chi connectivity index (χ2n) is 7.71. The lowest BCUT2D eigenvalue weighted by Gasteiger charge is -2.31. The summed E-state index contributed by atoms with van der Waals surface area (Å²) in [6.45, 7) is 5.11. The topological polar surface area (TPSA) is 42.4 Å². The summed E-state index contributed by atoms with van der Waals surface area (Å²) in [5.74, 6) is 0.242. The molecule has 3 aromatic rings. The quantitative estimate of drug-likeness (QED) is 0.413. The number of likely N-dealkylation sites (tertiary alicyclic amines) is 1. The number of aryl methyl sites for hydroxylation is 1. The summed E-state index contributed by atoms with van der Waals surface area (Å²) in [4.78, 5) is 20.5. The van der Waals surface area contributed by atoms with Gasteiger partial charge in [-0.15, -0.1) is 11.3 Å². The maximum atomic E-state index is 11.8. The SMILES string of the molecule is COC(=O)c1cccc(CN2CCC(c3nc(-c4ccc(Br)cc4)c(C)s3)CC2)c1. The highest BCUT2D eigenvalue weighted by molar-refractivity contribution is 9.10. The maximum Gasteiger partial charge on any atom is 0.337 e. The minimum Gasteiger partial charge on any atom is -0.465 e. The van der Waals surface area contributed by atoms with Gasteiger partial charge in [-0.3, -0.25) is 4.90 Å². The molecule has 0 saturated carbocycles. The fourth-order valence-corrected chi connectivity index (χ4v) is 5.36. The predicted octanol–water partition coefficient (Wildman–Crippen LogP) is 6.05. The highest BCUT2D eigenvalue weighted by atomic mass is 79.9. The van der Waals surface area contributed by atoms with E-state index in [4.69, 9.17) is 9.72 Å². The van der Waals surface area contributed by atoms with Crippen molar-refractivity contribution in [3.63, 3.8) is 0 Å². The number of methoxy groups -OCH3 is 1. The number of piperidine rings is 1. The zero-order chi connectivity index (χ0) is 21.1. The third kappa shape index (κ3) is 4.82. The van der Waals surface area contributed by atoms with Crippen LogP contribution in [0.3, 0.4) is 0 Å². The molecule has 4 rings (SSSR count). The Morgan fingerprint density at radius 2 is 1.93 bits per heavy atom. The molecule has 0 aliphatic carbocycles. The number of rotatable bonds is 5. The van der Waals surface area contributed by atoms with E-state index in [0.29, 0.717) is 11.5 Å². The van der Waals surface area contributed by atoms with Crippen molar-refractivity contribution in [2.24, 2.45) is 0 Å². The van der Waals surface area contributed by atoms with E-state index >= 15 is 0 Å². The van der Waals surface area contributed by atoms with Crippen molar-refractivity contribution in [1.82, 2.24) is 9.88 Å². The Labute approximate surface area is 190 Å². The van der Waals surface area contributed by atoms with Crippen LogP contribution in [0.5, 0.6) is 0 Å². The molecule has 2 heterocycles. The number of hydrogen-bond donors (Lipinski definition) is 0. The van der Waals surface area contributed by atoms with Gasteiger partial charge in [-0.25, -0.2) is 9.78 Å². The van der Waals surface area contributed by atoms with Crippen molar-refractivity contribution in [2.75, 3.05) is 20.2 Å². The van der Waals surface area contributed by atoms with E-state index in [-0.39, 0.29) is 5.97 Å². The van der Waals surface area contributed by atoms with Crippen LogP contribution in [0.1, 0.15) is 44.6 Å². The lowest BCUT2D eigenvalue weighted by molar-refractivity contribution is 0.0600. The molecule has 2 aromatic carbocycles. The Hall–Kier alpha value is -2.02. The third-order valence-corrected chi connectivity index (χ3v) is 7.28. The smallest absolute Gasteiger partial charge is 0.337 e. The number of carbonyl (C=O) groups excluding carboxylic acids is 1. The molecule has 0 unspecified atom stereocenters. The number of esters is 1. The van der Waals surface area contributed by atoms with Gasteiger partial charge in [0.25, 0.3) is 0 Å². The van der Waals surface area contributed by atoms with Crippen molar-refractivity contribution in [1.29, 1.82) is 0 Å². The standard InChI is InChI=1S/C24H25BrN2O2S/c1-16-22(18-6-8-21(25)9-7-18)26-23(30-16)19-10-12-27(13-11-19)15-17-4-3-5-20(14-17)24(28)29-2/h3-9,14,19H,10-13,15H2,1-2H3. The fraction of sp³-hybridized carbons (Fsp3) is 0.333. The van der Waals surface area contributed by atoms with Crippen LogP contribution in [0.25, 0.3) is 11.3 Å². The number of halogens is 1. The molecule has 0 radical (unpaired) electrons. The predicted molar refractivity (Wildman–Crippen MR) is 125 cm³/mol. The van der Waals surface area contributed by atoms with Crippen LogP contribution < -0.4 is 0 Å². The van der Waals surface area contributed by atoms with Gasteiger partial charge >= 0.3 is 5.97 Å². The Balaban J connectivity index is 1.39. The molecule has 0 amide bonds. The molecule has 0 bridgehead atoms. The van der Waals surface area contributed by atoms with Crippen LogP contribution in [0.2, 0.25) is 0 Å². The van der Waals surface area contributed by atoms with Crippen molar-refractivity contribution in [2.45, 2.75) is 32.2 Å². The van der Waals surface area contributed by atoms with Crippen LogP contribution in [0.4, 0.5) is 0 Å². The van der Waals surface area contributed by atoms with Crippen molar-refractivity contribution < 1.29 is 9.53 Å². The van der Waals surface area contributed by atoms with Crippen LogP contribution >= 0.6 is 27.3 Å². The number of nitrogens with zero attached hydrogens (tertiary/aromatic N) is 2. The molecule has 1 aliphatic rings. The summed E-state index contributed by atoms with van der Waals surface area (Å²) >= 11 is 5.34. The number of carbonyl (C=O) groups is 1.